The van der Waals surface area contributed by atoms with Gasteiger partial charge in [-0.05, 0) is 38.2 Å². The fraction of sp³-hybridized carbons (Fsp3) is 0.571. The zero-order chi connectivity index (χ0) is 13.1. The molecule has 0 aliphatic rings. The molecule has 0 spiro atoms. The van der Waals surface area contributed by atoms with E-state index in [1.807, 2.05) is 34.0 Å². The lowest BCUT2D eigenvalue weighted by Gasteiger charge is -2.35. The van der Waals surface area contributed by atoms with Crippen LogP contribution in [-0.4, -0.2) is 35.8 Å². The fourth-order valence-electron chi connectivity index (χ4n) is 2.31. The minimum Gasteiger partial charge on any atom is -0.508 e. The summed E-state index contributed by atoms with van der Waals surface area (Å²) in [6.07, 6.45) is 0.630. The van der Waals surface area contributed by atoms with Gasteiger partial charge >= 0.3 is 0 Å². The van der Waals surface area contributed by atoms with Crippen molar-refractivity contribution in [1.82, 2.24) is 4.90 Å². The van der Waals surface area contributed by atoms with Crippen LogP contribution in [0, 0.1) is 5.92 Å². The molecule has 0 aliphatic heterocycles. The number of phenolic OH excluding ortho intramolecular Hbond substituents is 1. The van der Waals surface area contributed by atoms with Crippen molar-refractivity contribution in [2.75, 3.05) is 20.6 Å². The van der Waals surface area contributed by atoms with Gasteiger partial charge in [0, 0.05) is 12.5 Å². The van der Waals surface area contributed by atoms with Crippen molar-refractivity contribution < 1.29 is 10.2 Å². The maximum atomic E-state index is 10.8. The normalized spacial score (nSPS) is 16.8. The van der Waals surface area contributed by atoms with E-state index in [0.29, 0.717) is 6.42 Å². The Morgan fingerprint density at radius 2 is 2.00 bits per heavy atom. The highest BCUT2D eigenvalue weighted by molar-refractivity contribution is 5.31. The lowest BCUT2D eigenvalue weighted by molar-refractivity contribution is -0.0293. The predicted octanol–water partition coefficient (Wildman–Crippen LogP) is 2.19. The van der Waals surface area contributed by atoms with Crippen LogP contribution in [0.2, 0.25) is 0 Å². The number of hydrogen-bond donors (Lipinski definition) is 2. The van der Waals surface area contributed by atoms with Crippen LogP contribution < -0.4 is 0 Å². The first-order chi connectivity index (χ1) is 7.90. The van der Waals surface area contributed by atoms with Gasteiger partial charge in [-0.3, -0.25) is 0 Å². The Hall–Kier alpha value is -1.06. The van der Waals surface area contributed by atoms with E-state index in [2.05, 4.69) is 4.90 Å². The lowest BCUT2D eigenvalue weighted by Crippen LogP contribution is -2.38. The quantitative estimate of drug-likeness (QED) is 0.825. The predicted molar refractivity (Wildman–Crippen MR) is 70.0 cm³/mol. The van der Waals surface area contributed by atoms with Crippen LogP contribution in [0.1, 0.15) is 25.8 Å². The van der Waals surface area contributed by atoms with E-state index in [4.69, 9.17) is 0 Å². The molecule has 1 aromatic carbocycles. The summed E-state index contributed by atoms with van der Waals surface area (Å²) in [6, 6.07) is 6.91. The Morgan fingerprint density at radius 3 is 2.47 bits per heavy atom. The van der Waals surface area contributed by atoms with Crippen molar-refractivity contribution in [1.29, 1.82) is 0 Å². The van der Waals surface area contributed by atoms with Gasteiger partial charge < -0.3 is 15.1 Å². The number of hydrogen-bond acceptors (Lipinski definition) is 3. The average Bonchev–Trinajstić information content (AvgIpc) is 2.27. The minimum absolute atomic E-state index is 0.101. The molecule has 0 heterocycles. The zero-order valence-electron chi connectivity index (χ0n) is 11.1. The Kier molecular flexibility index (Phi) is 4.54. The van der Waals surface area contributed by atoms with Crippen molar-refractivity contribution in [2.45, 2.75) is 25.9 Å². The molecule has 0 bridgehead atoms. The van der Waals surface area contributed by atoms with E-state index < -0.39 is 5.60 Å². The maximum Gasteiger partial charge on any atom is 0.115 e. The zero-order valence-corrected chi connectivity index (χ0v) is 11.1. The van der Waals surface area contributed by atoms with Crippen LogP contribution in [0.25, 0.3) is 0 Å². The van der Waals surface area contributed by atoms with Crippen LogP contribution in [-0.2, 0) is 5.60 Å². The Morgan fingerprint density at radius 1 is 1.35 bits per heavy atom. The van der Waals surface area contributed by atoms with Gasteiger partial charge in [0.2, 0.25) is 0 Å². The molecule has 0 radical (unpaired) electrons. The molecule has 0 amide bonds. The van der Waals surface area contributed by atoms with Gasteiger partial charge in [-0.25, -0.2) is 0 Å². The first-order valence-corrected chi connectivity index (χ1v) is 6.06. The van der Waals surface area contributed by atoms with Crippen molar-refractivity contribution in [3.8, 4) is 5.75 Å². The first kappa shape index (κ1) is 14.0. The first-order valence-electron chi connectivity index (χ1n) is 6.06. The summed E-state index contributed by atoms with van der Waals surface area (Å²) in [5.41, 5.74) is -0.0995. The number of phenols is 1. The molecule has 3 nitrogen and oxygen atoms in total. The van der Waals surface area contributed by atoms with Crippen molar-refractivity contribution in [3.05, 3.63) is 29.8 Å². The van der Waals surface area contributed by atoms with Crippen LogP contribution in [0.3, 0.4) is 0 Å². The topological polar surface area (TPSA) is 43.7 Å². The molecule has 0 aromatic heterocycles. The van der Waals surface area contributed by atoms with Crippen molar-refractivity contribution in [2.24, 2.45) is 5.92 Å². The monoisotopic (exact) mass is 237 g/mol. The van der Waals surface area contributed by atoms with E-state index >= 15 is 0 Å². The molecule has 0 unspecified atom stereocenters. The van der Waals surface area contributed by atoms with Gasteiger partial charge in [-0.15, -0.1) is 0 Å². The average molecular weight is 237 g/mol. The van der Waals surface area contributed by atoms with Crippen LogP contribution in [0.4, 0.5) is 0 Å². The van der Waals surface area contributed by atoms with E-state index in [0.717, 1.165) is 12.1 Å². The molecule has 0 saturated heterocycles. The van der Waals surface area contributed by atoms with Crippen molar-refractivity contribution >= 4 is 0 Å². The standard InChI is InChI=1S/C14H23NO2/c1-5-14(17,11(2)10-15(3)4)12-7-6-8-13(16)9-12/h6-9,11,16-17H,5,10H2,1-4H3/t11-,14+/m1/s1. The van der Waals surface area contributed by atoms with E-state index in [1.165, 1.54) is 0 Å². The molecule has 0 saturated carbocycles. The summed E-state index contributed by atoms with van der Waals surface area (Å²) in [7, 11) is 3.99. The third-order valence-electron chi connectivity index (χ3n) is 3.34. The molecule has 96 valence electrons. The molecule has 1 rings (SSSR count). The Balaban J connectivity index is 3.02. The lowest BCUT2D eigenvalue weighted by atomic mass is 9.80. The van der Waals surface area contributed by atoms with E-state index in [9.17, 15) is 10.2 Å². The number of aromatic hydroxyl groups is 1. The highest BCUT2D eigenvalue weighted by Gasteiger charge is 2.34. The molecule has 2 N–H and O–H groups in total. The van der Waals surface area contributed by atoms with Gasteiger partial charge in [0.05, 0.1) is 5.60 Å². The molecular weight excluding hydrogens is 214 g/mol. The van der Waals surface area contributed by atoms with Crippen LogP contribution in [0.5, 0.6) is 5.75 Å². The molecule has 1 aromatic rings. The summed E-state index contributed by atoms with van der Waals surface area (Å²) < 4.78 is 0. The third-order valence-corrected chi connectivity index (χ3v) is 3.34. The largest absolute Gasteiger partial charge is 0.508 e. The number of aliphatic hydroxyl groups is 1. The van der Waals surface area contributed by atoms with Crippen molar-refractivity contribution in [3.63, 3.8) is 0 Å². The van der Waals surface area contributed by atoms with Gasteiger partial charge in [-0.1, -0.05) is 26.0 Å². The Bertz CT molecular complexity index is 365. The van der Waals surface area contributed by atoms with E-state index in [-0.39, 0.29) is 11.7 Å². The molecule has 0 aliphatic carbocycles. The fourth-order valence-corrected chi connectivity index (χ4v) is 2.31. The van der Waals surface area contributed by atoms with Gasteiger partial charge in [0.15, 0.2) is 0 Å². The second kappa shape index (κ2) is 5.52. The van der Waals surface area contributed by atoms with Crippen LogP contribution in [0.15, 0.2) is 24.3 Å². The van der Waals surface area contributed by atoms with Gasteiger partial charge in [-0.2, -0.15) is 0 Å². The second-order valence-corrected chi connectivity index (χ2v) is 4.99. The molecular formula is C14H23NO2. The number of rotatable bonds is 5. The second-order valence-electron chi connectivity index (χ2n) is 4.99. The van der Waals surface area contributed by atoms with Gasteiger partial charge in [0.1, 0.15) is 5.75 Å². The minimum atomic E-state index is -0.886. The summed E-state index contributed by atoms with van der Waals surface area (Å²) in [6.45, 7) is 4.81. The SMILES string of the molecule is CC[C@@](O)(c1cccc(O)c1)[C@H](C)CN(C)C. The summed E-state index contributed by atoms with van der Waals surface area (Å²) in [5, 5.41) is 20.3. The highest BCUT2D eigenvalue weighted by Crippen LogP contribution is 2.34. The van der Waals surface area contributed by atoms with E-state index in [1.54, 1.807) is 18.2 Å². The molecule has 17 heavy (non-hydrogen) atoms. The molecule has 0 fully saturated rings. The molecule has 2 atom stereocenters. The van der Waals surface area contributed by atoms with Gasteiger partial charge in [0.25, 0.3) is 0 Å². The third kappa shape index (κ3) is 3.20. The smallest absolute Gasteiger partial charge is 0.115 e. The highest BCUT2D eigenvalue weighted by atomic mass is 16.3. The Labute approximate surface area is 104 Å². The molecule has 3 heteroatoms. The number of benzene rings is 1. The summed E-state index contributed by atoms with van der Waals surface area (Å²) in [5.74, 6) is 0.302. The summed E-state index contributed by atoms with van der Waals surface area (Å²) >= 11 is 0. The van der Waals surface area contributed by atoms with Crippen LogP contribution >= 0.6 is 0 Å². The summed E-state index contributed by atoms with van der Waals surface area (Å²) in [4.78, 5) is 2.06. The number of nitrogens with zero attached hydrogens (tertiary/aromatic N) is 1. The maximum absolute atomic E-state index is 10.8.